The van der Waals surface area contributed by atoms with E-state index in [-0.39, 0.29) is 29.5 Å². The van der Waals surface area contributed by atoms with Crippen LogP contribution in [0.25, 0.3) is 16.9 Å². The maximum absolute atomic E-state index is 13.4. The minimum atomic E-state index is -4.63. The molecule has 1 aromatic carbocycles. The summed E-state index contributed by atoms with van der Waals surface area (Å²) >= 11 is 0. The Morgan fingerprint density at radius 3 is 2.60 bits per heavy atom. The van der Waals surface area contributed by atoms with E-state index < -0.39 is 17.9 Å². The van der Waals surface area contributed by atoms with Crippen LogP contribution >= 0.6 is 0 Å². The first-order valence-electron chi connectivity index (χ1n) is 12.7. The third-order valence-electron chi connectivity index (χ3n) is 5.96. The van der Waals surface area contributed by atoms with Crippen LogP contribution in [0.3, 0.4) is 0 Å². The summed E-state index contributed by atoms with van der Waals surface area (Å²) < 4.78 is 41.6. The zero-order valence-corrected chi connectivity index (χ0v) is 22.7. The van der Waals surface area contributed by atoms with Crippen LogP contribution in [0.15, 0.2) is 43.0 Å². The van der Waals surface area contributed by atoms with E-state index in [2.05, 4.69) is 36.1 Å². The lowest BCUT2D eigenvalue weighted by atomic mass is 10.0. The fraction of sp³-hybridized carbons (Fsp3) is 0.308. The van der Waals surface area contributed by atoms with E-state index in [1.165, 1.54) is 29.2 Å². The number of alkyl halides is 3. The van der Waals surface area contributed by atoms with Crippen LogP contribution in [0.2, 0.25) is 0 Å². The average Bonchev–Trinajstić information content (AvgIpc) is 3.61. The van der Waals surface area contributed by atoms with Gasteiger partial charge in [0.25, 0.3) is 12.4 Å². The van der Waals surface area contributed by atoms with Gasteiger partial charge in [0.15, 0.2) is 17.2 Å². The number of hydrogen-bond donors (Lipinski definition) is 6. The van der Waals surface area contributed by atoms with Gasteiger partial charge in [-0.3, -0.25) is 23.9 Å². The number of halogens is 3. The zero-order chi connectivity index (χ0) is 30.9. The fourth-order valence-corrected chi connectivity index (χ4v) is 3.99. The summed E-state index contributed by atoms with van der Waals surface area (Å²) in [5, 5.41) is 21.2. The molecule has 16 heteroatoms. The molecule has 42 heavy (non-hydrogen) atoms. The van der Waals surface area contributed by atoms with Crippen molar-refractivity contribution in [1.82, 2.24) is 35.2 Å². The second-order valence-electron chi connectivity index (χ2n) is 8.90. The number of nitrogens with zero attached hydrogens (tertiary/aromatic N) is 4. The number of H-pyrrole nitrogens is 1. The smallest absolute Gasteiger partial charge is 0.435 e. The first-order chi connectivity index (χ1) is 20.0. The van der Waals surface area contributed by atoms with Gasteiger partial charge in [-0.1, -0.05) is 6.92 Å². The molecule has 0 aliphatic rings. The van der Waals surface area contributed by atoms with Crippen LogP contribution in [0.5, 0.6) is 0 Å². The van der Waals surface area contributed by atoms with Crippen molar-refractivity contribution in [2.75, 3.05) is 18.4 Å². The van der Waals surface area contributed by atoms with Gasteiger partial charge in [-0.25, -0.2) is 9.97 Å². The van der Waals surface area contributed by atoms with Crippen molar-refractivity contribution < 1.29 is 32.7 Å². The van der Waals surface area contributed by atoms with Gasteiger partial charge >= 0.3 is 6.18 Å². The van der Waals surface area contributed by atoms with E-state index in [0.717, 1.165) is 5.56 Å². The highest BCUT2D eigenvalue weighted by Crippen LogP contribution is 2.36. The Morgan fingerprint density at radius 2 is 1.93 bits per heavy atom. The molecule has 0 fully saturated rings. The summed E-state index contributed by atoms with van der Waals surface area (Å²) in [7, 11) is 0. The normalized spacial score (nSPS) is 11.8. The number of carbonyl (C=O) groups excluding carboxylic acids is 2. The third-order valence-corrected chi connectivity index (χ3v) is 5.96. The quantitative estimate of drug-likeness (QED) is 0.119. The molecule has 0 radical (unpaired) electrons. The van der Waals surface area contributed by atoms with Gasteiger partial charge in [0.05, 0.1) is 23.5 Å². The SMILES string of the molecule is CCc1cc(Nc2nccn3c(-c4c[nH]nc4C(F)(F)F)cnc23)ccc1C(=O)NCCCNC(=O)[C@H](C)N.O=CO. The number of aryl methyl sites for hydroxylation is 1. The van der Waals surface area contributed by atoms with Crippen molar-refractivity contribution in [3.05, 3.63) is 59.8 Å². The van der Waals surface area contributed by atoms with Crippen LogP contribution in [0, 0.1) is 0 Å². The summed E-state index contributed by atoms with van der Waals surface area (Å²) in [6.07, 6.45) is 1.97. The number of nitrogens with two attached hydrogens (primary N) is 1. The molecule has 0 aliphatic carbocycles. The molecular weight excluding hydrogens is 559 g/mol. The molecule has 13 nitrogen and oxygen atoms in total. The van der Waals surface area contributed by atoms with Gasteiger partial charge < -0.3 is 26.8 Å². The van der Waals surface area contributed by atoms with Gasteiger partial charge in [0.1, 0.15) is 0 Å². The van der Waals surface area contributed by atoms with E-state index in [4.69, 9.17) is 15.6 Å². The summed E-state index contributed by atoms with van der Waals surface area (Å²) in [5.74, 6) is -0.161. The molecule has 3 aromatic heterocycles. The highest BCUT2D eigenvalue weighted by atomic mass is 19.4. The number of fused-ring (bicyclic) bond motifs is 1. The second-order valence-corrected chi connectivity index (χ2v) is 8.90. The molecule has 0 saturated heterocycles. The van der Waals surface area contributed by atoms with Gasteiger partial charge in [-0.2, -0.15) is 18.3 Å². The van der Waals surface area contributed by atoms with Crippen molar-refractivity contribution in [3.63, 3.8) is 0 Å². The highest BCUT2D eigenvalue weighted by Gasteiger charge is 2.37. The van der Waals surface area contributed by atoms with Crippen molar-refractivity contribution in [1.29, 1.82) is 0 Å². The molecule has 0 saturated carbocycles. The average molecular weight is 590 g/mol. The number of rotatable bonds is 10. The molecule has 3 heterocycles. The molecule has 0 spiro atoms. The predicted octanol–water partition coefficient (Wildman–Crippen LogP) is 2.73. The van der Waals surface area contributed by atoms with E-state index in [1.54, 1.807) is 19.1 Å². The van der Waals surface area contributed by atoms with E-state index in [9.17, 15) is 22.8 Å². The monoisotopic (exact) mass is 589 g/mol. The Labute approximate surface area is 237 Å². The Kier molecular flexibility index (Phi) is 10.6. The fourth-order valence-electron chi connectivity index (χ4n) is 3.99. The van der Waals surface area contributed by atoms with Gasteiger partial charge in [0.2, 0.25) is 5.91 Å². The van der Waals surface area contributed by atoms with E-state index in [0.29, 0.717) is 48.6 Å². The minimum Gasteiger partial charge on any atom is -0.483 e. The van der Waals surface area contributed by atoms with Crippen LogP contribution in [0.1, 0.15) is 41.9 Å². The summed E-state index contributed by atoms with van der Waals surface area (Å²) in [5.41, 5.74) is 6.78. The van der Waals surface area contributed by atoms with Crippen LogP contribution in [-0.2, 0) is 22.2 Å². The first-order valence-corrected chi connectivity index (χ1v) is 12.7. The number of aromatic nitrogens is 5. The van der Waals surface area contributed by atoms with E-state index >= 15 is 0 Å². The van der Waals surface area contributed by atoms with Crippen LogP contribution in [0.4, 0.5) is 24.7 Å². The number of carboxylic acid groups (broad SMARTS) is 1. The van der Waals surface area contributed by atoms with Gasteiger partial charge in [-0.05, 0) is 43.5 Å². The number of carbonyl (C=O) groups is 3. The Balaban J connectivity index is 0.00000155. The minimum absolute atomic E-state index is 0.132. The van der Waals surface area contributed by atoms with Crippen molar-refractivity contribution in [3.8, 4) is 11.3 Å². The number of amides is 2. The zero-order valence-electron chi connectivity index (χ0n) is 22.7. The maximum atomic E-state index is 13.4. The number of imidazole rings is 1. The third kappa shape index (κ3) is 7.60. The molecule has 1 atom stereocenters. The Hall–Kier alpha value is -4.99. The second kappa shape index (κ2) is 14.1. The lowest BCUT2D eigenvalue weighted by Crippen LogP contribution is -2.39. The number of nitrogens with one attached hydrogen (secondary N) is 4. The molecule has 0 unspecified atom stereocenters. The van der Waals surface area contributed by atoms with Crippen molar-refractivity contribution in [2.24, 2.45) is 5.73 Å². The van der Waals surface area contributed by atoms with Crippen LogP contribution < -0.4 is 21.7 Å². The topological polar surface area (TPSA) is 192 Å². The highest BCUT2D eigenvalue weighted by molar-refractivity contribution is 5.96. The predicted molar refractivity (Wildman–Crippen MR) is 147 cm³/mol. The largest absolute Gasteiger partial charge is 0.483 e. The molecule has 0 bridgehead atoms. The summed E-state index contributed by atoms with van der Waals surface area (Å²) in [6, 6.07) is 4.62. The number of hydrogen-bond acceptors (Lipinski definition) is 8. The molecule has 4 aromatic rings. The lowest BCUT2D eigenvalue weighted by Gasteiger charge is -2.13. The first kappa shape index (κ1) is 31.5. The molecule has 0 aliphatic heterocycles. The summed E-state index contributed by atoms with van der Waals surface area (Å²) in [4.78, 5) is 41.2. The number of benzene rings is 1. The lowest BCUT2D eigenvalue weighted by molar-refractivity contribution is -0.140. The summed E-state index contributed by atoms with van der Waals surface area (Å²) in [6.45, 7) is 4.04. The Morgan fingerprint density at radius 1 is 1.21 bits per heavy atom. The van der Waals surface area contributed by atoms with Crippen LogP contribution in [-0.4, -0.2) is 67.1 Å². The number of anilines is 2. The molecule has 4 rings (SSSR count). The van der Waals surface area contributed by atoms with Gasteiger partial charge in [0, 0.05) is 42.9 Å². The number of aromatic amines is 1. The molecule has 224 valence electrons. The Bertz CT molecular complexity index is 1530. The maximum Gasteiger partial charge on any atom is 0.435 e. The standard InChI is InChI=1S/C25H28F3N9O2.CH2O2/c1-3-15-11-16(5-6-17(15)24(39)32-8-4-7-31-23(38)14(2)29)35-21-22-33-13-19(37(22)10-9-30-21)18-12-34-36-20(18)25(26,27)28;2-1-3/h5-6,9-14H,3-4,7-8,29H2,1-2H3,(H,30,35)(H,31,38)(H,32,39)(H,34,36);1H,(H,2,3)/t14-;/m0./s1. The van der Waals surface area contributed by atoms with Crippen molar-refractivity contribution >= 4 is 35.4 Å². The van der Waals surface area contributed by atoms with Gasteiger partial charge in [-0.15, -0.1) is 0 Å². The molecular formula is C26H30F3N9O4. The molecule has 7 N–H and O–H groups in total. The van der Waals surface area contributed by atoms with Crippen molar-refractivity contribution in [2.45, 2.75) is 38.9 Å². The molecule has 2 amide bonds. The van der Waals surface area contributed by atoms with E-state index in [1.807, 2.05) is 13.0 Å².